The van der Waals surface area contributed by atoms with Crippen LogP contribution in [-0.4, -0.2) is 23.3 Å². The number of hydrogen-bond donors (Lipinski definition) is 2. The van der Waals surface area contributed by atoms with Crippen molar-refractivity contribution in [3.05, 3.63) is 34.4 Å². The zero-order valence-corrected chi connectivity index (χ0v) is 13.4. The zero-order valence-electron chi connectivity index (χ0n) is 13.4. The summed E-state index contributed by atoms with van der Waals surface area (Å²) in [6.07, 6.45) is 2.26. The molecule has 1 aromatic heterocycles. The Labute approximate surface area is 126 Å². The van der Waals surface area contributed by atoms with Crippen molar-refractivity contribution in [2.24, 2.45) is 0 Å². The molecule has 0 aliphatic carbocycles. The summed E-state index contributed by atoms with van der Waals surface area (Å²) in [7, 11) is 0. The first-order valence-corrected chi connectivity index (χ1v) is 7.78. The van der Waals surface area contributed by atoms with Gasteiger partial charge in [0, 0.05) is 24.3 Å². The standard InChI is InChI=1S/C17H24N4/c1-5-18-16-14-7-6-8-21(17(14)20-19-16)15-12(3)9-11(2)10-13(15)4/h9-10H,5-8H2,1-4H3,(H2,18,19,20). The molecule has 3 rings (SSSR count). The summed E-state index contributed by atoms with van der Waals surface area (Å²) >= 11 is 0. The molecule has 112 valence electrons. The Morgan fingerprint density at radius 2 is 1.95 bits per heavy atom. The van der Waals surface area contributed by atoms with Crippen molar-refractivity contribution in [3.63, 3.8) is 0 Å². The van der Waals surface area contributed by atoms with Gasteiger partial charge in [-0.1, -0.05) is 17.7 Å². The quantitative estimate of drug-likeness (QED) is 0.899. The Morgan fingerprint density at radius 1 is 1.24 bits per heavy atom. The molecule has 21 heavy (non-hydrogen) atoms. The van der Waals surface area contributed by atoms with Gasteiger partial charge in [-0.15, -0.1) is 0 Å². The Hall–Kier alpha value is -1.97. The van der Waals surface area contributed by atoms with Crippen molar-refractivity contribution >= 4 is 17.3 Å². The molecule has 0 saturated heterocycles. The van der Waals surface area contributed by atoms with E-state index in [1.165, 1.54) is 27.9 Å². The average Bonchev–Trinajstić information content (AvgIpc) is 2.82. The number of H-pyrrole nitrogens is 1. The molecule has 0 unspecified atom stereocenters. The maximum Gasteiger partial charge on any atom is 0.160 e. The molecule has 0 atom stereocenters. The highest BCUT2D eigenvalue weighted by Gasteiger charge is 2.26. The molecule has 2 N–H and O–H groups in total. The molecule has 2 aromatic rings. The van der Waals surface area contributed by atoms with Crippen molar-refractivity contribution in [1.82, 2.24) is 10.2 Å². The van der Waals surface area contributed by atoms with Crippen LogP contribution in [0.25, 0.3) is 0 Å². The fourth-order valence-electron chi connectivity index (χ4n) is 3.47. The summed E-state index contributed by atoms with van der Waals surface area (Å²) in [5.74, 6) is 2.17. The summed E-state index contributed by atoms with van der Waals surface area (Å²) in [4.78, 5) is 2.38. The number of hydrogen-bond acceptors (Lipinski definition) is 3. The van der Waals surface area contributed by atoms with Crippen LogP contribution in [0.2, 0.25) is 0 Å². The number of anilines is 3. The van der Waals surface area contributed by atoms with Crippen LogP contribution < -0.4 is 10.2 Å². The van der Waals surface area contributed by atoms with Gasteiger partial charge in [0.1, 0.15) is 5.82 Å². The van der Waals surface area contributed by atoms with Gasteiger partial charge in [-0.3, -0.25) is 5.10 Å². The van der Waals surface area contributed by atoms with Gasteiger partial charge in [-0.05, 0) is 51.7 Å². The van der Waals surface area contributed by atoms with Gasteiger partial charge < -0.3 is 10.2 Å². The maximum absolute atomic E-state index is 4.58. The topological polar surface area (TPSA) is 44.0 Å². The summed E-state index contributed by atoms with van der Waals surface area (Å²) in [5.41, 5.74) is 6.61. The van der Waals surface area contributed by atoms with E-state index in [0.29, 0.717) is 0 Å². The first-order valence-electron chi connectivity index (χ1n) is 7.78. The Bertz CT molecular complexity index is 634. The fourth-order valence-corrected chi connectivity index (χ4v) is 3.47. The lowest BCUT2D eigenvalue weighted by atomic mass is 10.0. The molecule has 4 heteroatoms. The van der Waals surface area contributed by atoms with Crippen LogP contribution in [-0.2, 0) is 6.42 Å². The molecule has 0 radical (unpaired) electrons. The van der Waals surface area contributed by atoms with Crippen molar-refractivity contribution in [2.75, 3.05) is 23.3 Å². The highest BCUT2D eigenvalue weighted by Crippen LogP contribution is 2.38. The van der Waals surface area contributed by atoms with E-state index in [2.05, 4.69) is 60.2 Å². The van der Waals surface area contributed by atoms with E-state index < -0.39 is 0 Å². The molecule has 1 aliphatic rings. The van der Waals surface area contributed by atoms with Crippen LogP contribution in [0.5, 0.6) is 0 Å². The third-order valence-electron chi connectivity index (χ3n) is 4.17. The molecular formula is C17H24N4. The third-order valence-corrected chi connectivity index (χ3v) is 4.17. The molecular weight excluding hydrogens is 260 g/mol. The summed E-state index contributed by atoms with van der Waals surface area (Å²) < 4.78 is 0. The highest BCUT2D eigenvalue weighted by molar-refractivity contribution is 5.73. The van der Waals surface area contributed by atoms with Crippen molar-refractivity contribution in [3.8, 4) is 0 Å². The monoisotopic (exact) mass is 284 g/mol. The molecule has 2 heterocycles. The van der Waals surface area contributed by atoms with Crippen LogP contribution in [0, 0.1) is 20.8 Å². The second-order valence-electron chi connectivity index (χ2n) is 5.93. The number of rotatable bonds is 3. The van der Waals surface area contributed by atoms with Gasteiger partial charge in [0.05, 0.1) is 0 Å². The molecule has 0 spiro atoms. The van der Waals surface area contributed by atoms with Crippen LogP contribution in [0.3, 0.4) is 0 Å². The number of aromatic nitrogens is 2. The molecule has 0 bridgehead atoms. The van der Waals surface area contributed by atoms with E-state index >= 15 is 0 Å². The van der Waals surface area contributed by atoms with E-state index in [1.807, 2.05) is 0 Å². The summed E-state index contributed by atoms with van der Waals surface area (Å²) in [5, 5.41) is 11.1. The van der Waals surface area contributed by atoms with Crippen LogP contribution >= 0.6 is 0 Å². The number of nitrogens with zero attached hydrogens (tertiary/aromatic N) is 2. The van der Waals surface area contributed by atoms with Gasteiger partial charge in [0.2, 0.25) is 0 Å². The predicted octanol–water partition coefficient (Wildman–Crippen LogP) is 3.85. The first kappa shape index (κ1) is 14.0. The van der Waals surface area contributed by atoms with Gasteiger partial charge >= 0.3 is 0 Å². The van der Waals surface area contributed by atoms with E-state index in [0.717, 1.165) is 37.6 Å². The third kappa shape index (κ3) is 2.39. The first-order chi connectivity index (χ1) is 10.1. The lowest BCUT2D eigenvalue weighted by Gasteiger charge is -2.30. The minimum absolute atomic E-state index is 0.914. The molecule has 0 saturated carbocycles. The van der Waals surface area contributed by atoms with Crippen molar-refractivity contribution in [1.29, 1.82) is 0 Å². The molecule has 1 aromatic carbocycles. The van der Waals surface area contributed by atoms with Crippen molar-refractivity contribution in [2.45, 2.75) is 40.5 Å². The number of aromatic amines is 1. The maximum atomic E-state index is 4.58. The number of fused-ring (bicyclic) bond motifs is 1. The SMILES string of the molecule is CCNc1[nH]nc2c1CCCN2c1c(C)cc(C)cc1C. The van der Waals surface area contributed by atoms with Crippen molar-refractivity contribution < 1.29 is 0 Å². The van der Waals surface area contributed by atoms with E-state index in [-0.39, 0.29) is 0 Å². The average molecular weight is 284 g/mol. The van der Waals surface area contributed by atoms with Gasteiger partial charge in [0.15, 0.2) is 5.82 Å². The molecule has 0 amide bonds. The molecule has 1 aliphatic heterocycles. The van der Waals surface area contributed by atoms with E-state index in [4.69, 9.17) is 0 Å². The summed E-state index contributed by atoms with van der Waals surface area (Å²) in [6.45, 7) is 10.6. The predicted molar refractivity (Wildman–Crippen MR) is 88.7 cm³/mol. The van der Waals surface area contributed by atoms with Gasteiger partial charge in [-0.2, -0.15) is 5.10 Å². The van der Waals surface area contributed by atoms with Crippen LogP contribution in [0.15, 0.2) is 12.1 Å². The minimum atomic E-state index is 0.914. The summed E-state index contributed by atoms with van der Waals surface area (Å²) in [6, 6.07) is 4.52. The minimum Gasteiger partial charge on any atom is -0.370 e. The smallest absolute Gasteiger partial charge is 0.160 e. The van der Waals surface area contributed by atoms with Crippen LogP contribution in [0.1, 0.15) is 35.6 Å². The van der Waals surface area contributed by atoms with Gasteiger partial charge in [-0.25, -0.2) is 0 Å². The molecule has 0 fully saturated rings. The second-order valence-corrected chi connectivity index (χ2v) is 5.93. The normalized spacial score (nSPS) is 14.2. The lowest BCUT2D eigenvalue weighted by molar-refractivity contribution is 0.758. The van der Waals surface area contributed by atoms with E-state index in [9.17, 15) is 0 Å². The number of benzene rings is 1. The van der Waals surface area contributed by atoms with Gasteiger partial charge in [0.25, 0.3) is 0 Å². The largest absolute Gasteiger partial charge is 0.370 e. The number of aryl methyl sites for hydroxylation is 3. The fraction of sp³-hybridized carbons (Fsp3) is 0.471. The second kappa shape index (κ2) is 5.43. The Morgan fingerprint density at radius 3 is 2.62 bits per heavy atom. The zero-order chi connectivity index (χ0) is 15.0. The van der Waals surface area contributed by atoms with Crippen LogP contribution in [0.4, 0.5) is 17.3 Å². The Kier molecular flexibility index (Phi) is 3.62. The lowest BCUT2D eigenvalue weighted by Crippen LogP contribution is -2.26. The Balaban J connectivity index is 2.07. The highest BCUT2D eigenvalue weighted by atomic mass is 15.3. The van der Waals surface area contributed by atoms with E-state index in [1.54, 1.807) is 0 Å². The molecule has 4 nitrogen and oxygen atoms in total. The number of nitrogens with one attached hydrogen (secondary N) is 2.